The minimum Gasteiger partial charge on any atom is -0.497 e. The molecule has 0 bridgehead atoms. The average Bonchev–Trinajstić information content (AvgIpc) is 2.98. The molecule has 0 saturated heterocycles. The number of benzene rings is 1. The van der Waals surface area contributed by atoms with E-state index in [2.05, 4.69) is 10.5 Å². The Hall–Kier alpha value is -2.74. The van der Waals surface area contributed by atoms with Gasteiger partial charge in [-0.25, -0.2) is 4.79 Å². The van der Waals surface area contributed by atoms with Crippen LogP contribution in [0.15, 0.2) is 22.7 Å². The van der Waals surface area contributed by atoms with E-state index in [1.54, 1.807) is 12.0 Å². The second-order valence-electron chi connectivity index (χ2n) is 7.36. The fraction of sp³-hybridized carbons (Fsp3) is 0.474. The number of nitrogens with zero attached hydrogens (tertiary/aromatic N) is 2. The zero-order valence-electron chi connectivity index (χ0n) is 15.7. The van der Waals surface area contributed by atoms with Crippen LogP contribution in [0.2, 0.25) is 0 Å². The van der Waals surface area contributed by atoms with Crippen LogP contribution in [-0.4, -0.2) is 42.0 Å². The van der Waals surface area contributed by atoms with Crippen LogP contribution in [0.1, 0.15) is 30.7 Å². The summed E-state index contributed by atoms with van der Waals surface area (Å²) < 4.78 is 22.2. The summed E-state index contributed by atoms with van der Waals surface area (Å²) in [6.45, 7) is 5.75. The van der Waals surface area contributed by atoms with E-state index >= 15 is 0 Å². The maximum absolute atomic E-state index is 12.9. The van der Waals surface area contributed by atoms with E-state index in [-0.39, 0.29) is 6.03 Å². The van der Waals surface area contributed by atoms with Crippen LogP contribution >= 0.6 is 0 Å². The molecule has 8 heteroatoms. The summed E-state index contributed by atoms with van der Waals surface area (Å²) in [7, 11) is 1.62. The van der Waals surface area contributed by atoms with Gasteiger partial charge in [-0.2, -0.15) is 0 Å². The van der Waals surface area contributed by atoms with Crippen LogP contribution < -0.4 is 14.8 Å². The number of fused-ring (bicyclic) bond motifs is 2. The molecule has 27 heavy (non-hydrogen) atoms. The zero-order chi connectivity index (χ0) is 19.0. The van der Waals surface area contributed by atoms with E-state index in [1.165, 1.54) is 0 Å². The van der Waals surface area contributed by atoms with E-state index < -0.39 is 5.60 Å². The first kappa shape index (κ1) is 17.7. The predicted molar refractivity (Wildman–Crippen MR) is 97.0 cm³/mol. The zero-order valence-corrected chi connectivity index (χ0v) is 15.7. The van der Waals surface area contributed by atoms with Gasteiger partial charge >= 0.3 is 6.03 Å². The summed E-state index contributed by atoms with van der Waals surface area (Å²) in [5.41, 5.74) is 1.17. The normalized spacial score (nSPS) is 18.0. The Morgan fingerprint density at radius 3 is 3.04 bits per heavy atom. The fourth-order valence-electron chi connectivity index (χ4n) is 3.39. The van der Waals surface area contributed by atoms with E-state index in [0.717, 1.165) is 28.4 Å². The number of carbonyl (C=O) groups excluding carboxylic acids is 1. The summed E-state index contributed by atoms with van der Waals surface area (Å²) in [5, 5.41) is 6.86. The van der Waals surface area contributed by atoms with Gasteiger partial charge < -0.3 is 23.6 Å². The summed E-state index contributed by atoms with van der Waals surface area (Å²) in [6, 6.07) is 5.38. The molecule has 1 aromatic heterocycles. The maximum Gasteiger partial charge on any atom is 0.323 e. The molecule has 0 fully saturated rings. The van der Waals surface area contributed by atoms with Crippen LogP contribution in [0, 0.1) is 0 Å². The van der Waals surface area contributed by atoms with Gasteiger partial charge in [0.2, 0.25) is 0 Å². The van der Waals surface area contributed by atoms with E-state index in [1.807, 2.05) is 32.0 Å². The maximum atomic E-state index is 12.9. The number of aromatic nitrogens is 1. The van der Waals surface area contributed by atoms with Gasteiger partial charge in [0.15, 0.2) is 5.82 Å². The quantitative estimate of drug-likeness (QED) is 0.871. The van der Waals surface area contributed by atoms with E-state index in [9.17, 15) is 4.79 Å². The molecule has 1 N–H and O–H groups in total. The van der Waals surface area contributed by atoms with Crippen molar-refractivity contribution >= 4 is 11.8 Å². The number of ether oxygens (including phenoxy) is 3. The highest BCUT2D eigenvalue weighted by Gasteiger charge is 2.33. The monoisotopic (exact) mass is 373 g/mol. The number of hydrogen-bond acceptors (Lipinski definition) is 6. The molecule has 4 rings (SSSR count). The molecule has 3 heterocycles. The van der Waals surface area contributed by atoms with E-state index in [0.29, 0.717) is 38.5 Å². The molecule has 1 aromatic carbocycles. The Balaban J connectivity index is 1.57. The second-order valence-corrected chi connectivity index (χ2v) is 7.36. The SMILES string of the molecule is COc1ccc2c(c1)OC(C)(C)CN(C(=O)Nc1noc3c1COCC3)C2. The molecule has 0 unspecified atom stereocenters. The van der Waals surface area contributed by atoms with Crippen LogP contribution in [0.5, 0.6) is 11.5 Å². The van der Waals surface area contributed by atoms with Crippen molar-refractivity contribution in [1.82, 2.24) is 10.1 Å². The highest BCUT2D eigenvalue weighted by atomic mass is 16.5. The first-order chi connectivity index (χ1) is 12.9. The third kappa shape index (κ3) is 3.57. The lowest BCUT2D eigenvalue weighted by molar-refractivity contribution is 0.0832. The van der Waals surface area contributed by atoms with Gasteiger partial charge in [0, 0.05) is 18.1 Å². The third-order valence-corrected chi connectivity index (χ3v) is 4.70. The van der Waals surface area contributed by atoms with Crippen molar-refractivity contribution in [3.05, 3.63) is 35.1 Å². The van der Waals surface area contributed by atoms with Gasteiger partial charge in [-0.15, -0.1) is 0 Å². The van der Waals surface area contributed by atoms with Gasteiger partial charge in [-0.05, 0) is 26.0 Å². The third-order valence-electron chi connectivity index (χ3n) is 4.70. The van der Waals surface area contributed by atoms with Crippen molar-refractivity contribution in [3.8, 4) is 11.5 Å². The van der Waals surface area contributed by atoms with Gasteiger partial charge in [0.05, 0.1) is 39.0 Å². The minimum absolute atomic E-state index is 0.253. The first-order valence-corrected chi connectivity index (χ1v) is 8.92. The van der Waals surface area contributed by atoms with Crippen molar-refractivity contribution in [2.24, 2.45) is 0 Å². The van der Waals surface area contributed by atoms with Crippen LogP contribution in [-0.2, 0) is 24.3 Å². The van der Waals surface area contributed by atoms with Gasteiger partial charge in [0.25, 0.3) is 0 Å². The highest BCUT2D eigenvalue weighted by molar-refractivity contribution is 5.89. The molecule has 0 saturated carbocycles. The van der Waals surface area contributed by atoms with Gasteiger partial charge in [-0.1, -0.05) is 5.16 Å². The van der Waals surface area contributed by atoms with Crippen molar-refractivity contribution in [3.63, 3.8) is 0 Å². The molecule has 0 atom stereocenters. The standard InChI is InChI=1S/C19H23N3O5/c1-19(2)11-22(9-12-4-5-13(24-3)8-16(12)26-19)18(23)20-17-14-10-25-7-6-15(14)27-21-17/h4-5,8H,6-7,9-11H2,1-3H3,(H,20,21,23). The number of hydrogen-bond donors (Lipinski definition) is 1. The molecule has 0 radical (unpaired) electrons. The minimum atomic E-state index is -0.554. The average molecular weight is 373 g/mol. The Morgan fingerprint density at radius 2 is 2.22 bits per heavy atom. The van der Waals surface area contributed by atoms with E-state index in [4.69, 9.17) is 18.7 Å². The number of anilines is 1. The molecule has 2 aliphatic rings. The van der Waals surface area contributed by atoms with Crippen molar-refractivity contribution in [2.75, 3.05) is 25.6 Å². The van der Waals surface area contributed by atoms with Crippen LogP contribution in [0.4, 0.5) is 10.6 Å². The Bertz CT molecular complexity index is 861. The fourth-order valence-corrected chi connectivity index (χ4v) is 3.39. The number of nitrogens with one attached hydrogen (secondary N) is 1. The van der Waals surface area contributed by atoms with Crippen LogP contribution in [0.25, 0.3) is 0 Å². The van der Waals surface area contributed by atoms with Crippen molar-refractivity contribution < 1.29 is 23.5 Å². The summed E-state index contributed by atoms with van der Waals surface area (Å²) in [4.78, 5) is 14.6. The molecule has 144 valence electrons. The van der Waals surface area contributed by atoms with Crippen LogP contribution in [0.3, 0.4) is 0 Å². The Labute approximate surface area is 157 Å². The summed E-state index contributed by atoms with van der Waals surface area (Å²) in [6.07, 6.45) is 0.665. The topological polar surface area (TPSA) is 86.1 Å². The lowest BCUT2D eigenvalue weighted by Crippen LogP contribution is -2.45. The largest absolute Gasteiger partial charge is 0.497 e. The molecule has 2 amide bonds. The predicted octanol–water partition coefficient (Wildman–Crippen LogP) is 2.96. The molecular formula is C19H23N3O5. The molecule has 8 nitrogen and oxygen atoms in total. The molecule has 0 aliphatic carbocycles. The second kappa shape index (κ2) is 6.77. The molecule has 2 aliphatic heterocycles. The first-order valence-electron chi connectivity index (χ1n) is 8.92. The summed E-state index contributed by atoms with van der Waals surface area (Å²) >= 11 is 0. The smallest absolute Gasteiger partial charge is 0.323 e. The summed E-state index contributed by atoms with van der Waals surface area (Å²) in [5.74, 6) is 2.64. The lowest BCUT2D eigenvalue weighted by atomic mass is 10.1. The number of rotatable bonds is 2. The van der Waals surface area contributed by atoms with Crippen molar-refractivity contribution in [2.45, 2.75) is 39.0 Å². The number of carbonyl (C=O) groups is 1. The number of urea groups is 1. The lowest BCUT2D eigenvalue weighted by Gasteiger charge is -2.29. The number of methoxy groups -OCH3 is 1. The number of amides is 2. The van der Waals surface area contributed by atoms with Gasteiger partial charge in [-0.3, -0.25) is 5.32 Å². The Kier molecular flexibility index (Phi) is 4.43. The molecule has 0 spiro atoms. The highest BCUT2D eigenvalue weighted by Crippen LogP contribution is 2.33. The Morgan fingerprint density at radius 1 is 1.37 bits per heavy atom. The molecule has 2 aromatic rings. The van der Waals surface area contributed by atoms with Gasteiger partial charge in [0.1, 0.15) is 22.9 Å². The van der Waals surface area contributed by atoms with Crippen molar-refractivity contribution in [1.29, 1.82) is 0 Å². The molecular weight excluding hydrogens is 350 g/mol.